The number of sulfonamides is 1. The number of nitrogens with zero attached hydrogens (tertiary/aromatic N) is 4. The minimum Gasteiger partial charge on any atom is -0.507 e. The number of aromatic nitrogens is 3. The third kappa shape index (κ3) is 9.00. The number of fused-ring (bicyclic) bond motifs is 1. The third-order valence-electron chi connectivity index (χ3n) is 11.0. The topological polar surface area (TPSA) is 227 Å². The first kappa shape index (κ1) is 43.8. The molecule has 5 N–H and O–H groups in total. The van der Waals surface area contributed by atoms with Gasteiger partial charge in [-0.2, -0.15) is 4.21 Å². The van der Waals surface area contributed by atoms with Crippen molar-refractivity contribution >= 4 is 56.1 Å². The first-order chi connectivity index (χ1) is 29.4. The molecule has 1 saturated heterocycles. The fourth-order valence-electron chi connectivity index (χ4n) is 7.97. The lowest BCUT2D eigenvalue weighted by Crippen LogP contribution is -2.42. The van der Waals surface area contributed by atoms with Crippen LogP contribution in [0.2, 0.25) is 0 Å². The highest BCUT2D eigenvalue weighted by atomic mass is 32.2. The molecule has 3 heterocycles. The van der Waals surface area contributed by atoms with Crippen molar-refractivity contribution in [2.24, 2.45) is 17.8 Å². The number of hydrogen-bond acceptors (Lipinski definition) is 12. The summed E-state index contributed by atoms with van der Waals surface area (Å²) in [6, 6.07) is 11.5. The number of aromatic hydroxyl groups is 2. The van der Waals surface area contributed by atoms with Crippen molar-refractivity contribution in [3.05, 3.63) is 82.2 Å². The molecule has 62 heavy (non-hydrogen) atoms. The molecular formula is C42H47N7O11S2. The number of anilines is 2. The van der Waals surface area contributed by atoms with Crippen LogP contribution >= 0.6 is 0 Å². The molecule has 3 aromatic carbocycles. The smallest absolute Gasteiger partial charge is 0.415 e. The number of rotatable bonds is 11. The van der Waals surface area contributed by atoms with Crippen LogP contribution < -0.4 is 18.4 Å². The van der Waals surface area contributed by atoms with Gasteiger partial charge in [0.25, 0.3) is 15.7 Å². The summed E-state index contributed by atoms with van der Waals surface area (Å²) < 4.78 is 70.4. The van der Waals surface area contributed by atoms with E-state index in [2.05, 4.69) is 26.3 Å². The number of amides is 1. The van der Waals surface area contributed by atoms with Crippen LogP contribution in [-0.2, 0) is 30.8 Å². The summed E-state index contributed by atoms with van der Waals surface area (Å²) in [5.41, 5.74) is 1.03. The number of esters is 1. The monoisotopic (exact) mass is 889 g/mol. The van der Waals surface area contributed by atoms with Gasteiger partial charge in [0, 0.05) is 18.7 Å². The van der Waals surface area contributed by atoms with E-state index in [9.17, 15) is 32.4 Å². The van der Waals surface area contributed by atoms with E-state index >= 15 is 0 Å². The maximum atomic E-state index is 14.3. The lowest BCUT2D eigenvalue weighted by atomic mass is 9.75. The number of carbonyl (C=O) groups excluding carboxylic acids is 2. The molecule has 3 unspecified atom stereocenters. The minimum absolute atomic E-state index is 0.00703. The van der Waals surface area contributed by atoms with Gasteiger partial charge in [-0.1, -0.05) is 32.9 Å². The van der Waals surface area contributed by atoms with Crippen molar-refractivity contribution < 1.29 is 50.8 Å². The number of phenols is 2. The zero-order chi connectivity index (χ0) is 44.6. The van der Waals surface area contributed by atoms with Crippen molar-refractivity contribution in [1.82, 2.24) is 19.5 Å². The number of carbonyl (C=O) groups is 2. The molecule has 1 saturated carbocycles. The predicted octanol–water partition coefficient (Wildman–Crippen LogP) is 7.15. The number of hydrogen-bond donors (Lipinski definition) is 5. The summed E-state index contributed by atoms with van der Waals surface area (Å²) in [4.78, 5) is 37.1. The fraction of sp³-hybridized carbons (Fsp3) is 0.381. The number of aryl methyl sites for hydroxylation is 2. The summed E-state index contributed by atoms with van der Waals surface area (Å²) >= 11 is -2.36. The van der Waals surface area contributed by atoms with Crippen LogP contribution in [0.15, 0.2) is 53.4 Å². The number of ether oxygens (including phenoxy) is 3. The summed E-state index contributed by atoms with van der Waals surface area (Å²) in [7, 11) is -4.46. The zero-order valence-corrected chi connectivity index (χ0v) is 36.5. The molecule has 0 spiro atoms. The maximum absolute atomic E-state index is 14.3. The van der Waals surface area contributed by atoms with Gasteiger partial charge in [0.2, 0.25) is 5.88 Å². The van der Waals surface area contributed by atoms with Crippen molar-refractivity contribution in [3.8, 4) is 34.5 Å². The van der Waals surface area contributed by atoms with Gasteiger partial charge >= 0.3 is 23.3 Å². The Morgan fingerprint density at radius 2 is 1.61 bits per heavy atom. The van der Waals surface area contributed by atoms with E-state index in [1.807, 2.05) is 13.8 Å². The summed E-state index contributed by atoms with van der Waals surface area (Å²) in [6.07, 6.45) is 0.403. The number of phenolic OH excluding ortho intramolecular Hbond substituents is 2. The van der Waals surface area contributed by atoms with Crippen LogP contribution in [-0.4, -0.2) is 86.8 Å². The first-order valence-electron chi connectivity index (χ1n) is 19.8. The molecule has 2 aromatic heterocycles. The van der Waals surface area contributed by atoms with Crippen LogP contribution in [0.3, 0.4) is 0 Å². The molecule has 1 aliphatic heterocycles. The second-order valence-electron chi connectivity index (χ2n) is 15.9. The number of aromatic amines is 1. The molecular weight excluding hydrogens is 843 g/mol. The van der Waals surface area contributed by atoms with Crippen molar-refractivity contribution in [2.45, 2.75) is 65.4 Å². The highest BCUT2D eigenvalue weighted by molar-refractivity contribution is 7.92. The molecule has 7 rings (SSSR count). The molecule has 3 atom stereocenters. The first-order valence-corrected chi connectivity index (χ1v) is 22.4. The quantitative estimate of drug-likeness (QED) is 0.0659. The number of morpholine rings is 1. The number of H-pyrrole nitrogens is 1. The summed E-state index contributed by atoms with van der Waals surface area (Å²) in [6.45, 7) is 20.3. The van der Waals surface area contributed by atoms with Crippen LogP contribution in [0.1, 0.15) is 60.7 Å². The molecule has 20 heteroatoms. The Labute approximate surface area is 360 Å². The van der Waals surface area contributed by atoms with Gasteiger partial charge in [0.05, 0.1) is 31.2 Å². The van der Waals surface area contributed by atoms with Crippen LogP contribution in [0.25, 0.3) is 21.9 Å². The SMILES string of the molecule is [C-]#[N+]c1c(C(=O)OC2C(C)CC(C)CC2C)c2nc(-c3cc(NS(=O)Oc4cc(C)ccc4O)c(C)c(NS(=O)(=O)c4cc(C)ccc4O)c3)[nH]n2c1OC(=O)N1CCOCC1. The summed E-state index contributed by atoms with van der Waals surface area (Å²) in [5.74, 6) is -1.56. The minimum atomic E-state index is -4.46. The van der Waals surface area contributed by atoms with Gasteiger partial charge in [-0.3, -0.25) is 14.5 Å². The van der Waals surface area contributed by atoms with Gasteiger partial charge in [-0.05, 0) is 104 Å². The standard InChI is InChI=1S/C42H47N7O11S2/c1-22-8-10-31(50)33(18-22)60-61(54)46-29-20-28(21-30(27(29)6)47-62(55,56)34-19-23(2)9-11-32(34)51)38-44-39-35(41(52)58-37-25(4)16-24(3)17-26(37)5)36(43-7)40(49(39)45-38)59-42(53)48-12-14-57-15-13-48/h8-11,18-21,24-26,37,46-47,50-51H,12-17H2,1-6H3,(H,44,45). The zero-order valence-electron chi connectivity index (χ0n) is 34.8. The second kappa shape index (κ2) is 17.6. The molecule has 2 aliphatic rings. The van der Waals surface area contributed by atoms with Gasteiger partial charge < -0.3 is 33.5 Å². The van der Waals surface area contributed by atoms with E-state index in [4.69, 9.17) is 29.9 Å². The Hall–Kier alpha value is -6.30. The number of nitrogens with one attached hydrogen (secondary N) is 3. The largest absolute Gasteiger partial charge is 0.507 e. The Morgan fingerprint density at radius 1 is 0.968 bits per heavy atom. The molecule has 0 radical (unpaired) electrons. The van der Waals surface area contributed by atoms with Crippen molar-refractivity contribution in [3.63, 3.8) is 0 Å². The lowest BCUT2D eigenvalue weighted by Gasteiger charge is -2.37. The third-order valence-corrected chi connectivity index (χ3v) is 13.1. The van der Waals surface area contributed by atoms with Gasteiger partial charge in [0.1, 0.15) is 22.3 Å². The number of benzene rings is 3. The van der Waals surface area contributed by atoms with Gasteiger partial charge in [0.15, 0.2) is 23.0 Å². The fourth-order valence-corrected chi connectivity index (χ4v) is 10.00. The molecule has 2 fully saturated rings. The summed E-state index contributed by atoms with van der Waals surface area (Å²) in [5, 5.41) is 23.9. The Balaban J connectivity index is 1.35. The Bertz CT molecular complexity index is 2730. The van der Waals surface area contributed by atoms with E-state index in [0.29, 0.717) is 11.5 Å². The highest BCUT2D eigenvalue weighted by Gasteiger charge is 2.38. The molecule has 0 bridgehead atoms. The molecule has 1 aliphatic carbocycles. The second-order valence-corrected chi connectivity index (χ2v) is 18.4. The molecule has 5 aromatic rings. The average molecular weight is 890 g/mol. The average Bonchev–Trinajstić information content (AvgIpc) is 3.77. The van der Waals surface area contributed by atoms with Gasteiger partial charge in [-0.15, -0.1) is 0 Å². The van der Waals surface area contributed by atoms with Crippen LogP contribution in [0.4, 0.5) is 21.9 Å². The van der Waals surface area contributed by atoms with E-state index in [1.165, 1.54) is 45.8 Å². The molecule has 18 nitrogen and oxygen atoms in total. The lowest BCUT2D eigenvalue weighted by molar-refractivity contribution is -0.0249. The van der Waals surface area contributed by atoms with E-state index in [0.717, 1.165) is 18.4 Å². The molecule has 328 valence electrons. The van der Waals surface area contributed by atoms with Crippen LogP contribution in [0.5, 0.6) is 23.1 Å². The highest BCUT2D eigenvalue weighted by Crippen LogP contribution is 2.42. The van der Waals surface area contributed by atoms with Gasteiger partial charge in [-0.25, -0.2) is 32.4 Å². The Kier molecular flexibility index (Phi) is 12.4. The van der Waals surface area contributed by atoms with E-state index in [1.54, 1.807) is 32.9 Å². The van der Waals surface area contributed by atoms with Crippen LogP contribution in [0, 0.1) is 45.1 Å². The Morgan fingerprint density at radius 3 is 2.29 bits per heavy atom. The van der Waals surface area contributed by atoms with E-state index < -0.39 is 50.1 Å². The van der Waals surface area contributed by atoms with Crippen molar-refractivity contribution in [1.29, 1.82) is 0 Å². The van der Waals surface area contributed by atoms with E-state index in [-0.39, 0.29) is 101 Å². The maximum Gasteiger partial charge on any atom is 0.415 e. The van der Waals surface area contributed by atoms with Crippen molar-refractivity contribution in [2.75, 3.05) is 35.7 Å². The molecule has 1 amide bonds. The predicted molar refractivity (Wildman–Crippen MR) is 229 cm³/mol. The normalized spacial score (nSPS) is 19.7.